The van der Waals surface area contributed by atoms with E-state index < -0.39 is 10.1 Å². The van der Waals surface area contributed by atoms with Gasteiger partial charge in [-0.15, -0.1) is 5.92 Å². The van der Waals surface area contributed by atoms with E-state index in [4.69, 9.17) is 9.29 Å². The second-order valence-corrected chi connectivity index (χ2v) is 6.97. The van der Waals surface area contributed by atoms with Crippen molar-refractivity contribution < 1.29 is 22.5 Å². The standard InChI is InChI=1S/C11H15NO2.C7H8O3S/c1-3-4-8-14-11(13)10-6-5-7-12(2)9-10;1-6-2-4-7(5-3-6)11(8,9)10/h6H,5,7-9H2,1-2H3;2-5H,1H3,(H,8,9,10). The van der Waals surface area contributed by atoms with Crippen LogP contribution in [0.1, 0.15) is 18.9 Å². The highest BCUT2D eigenvalue weighted by Gasteiger charge is 2.16. The van der Waals surface area contributed by atoms with Crippen molar-refractivity contribution in [1.29, 1.82) is 0 Å². The minimum atomic E-state index is -4.02. The van der Waals surface area contributed by atoms with Crippen LogP contribution >= 0.6 is 0 Å². The van der Waals surface area contributed by atoms with Crippen LogP contribution in [0, 0.1) is 18.8 Å². The Bertz CT molecular complexity index is 770. The Balaban J connectivity index is 0.000000257. The monoisotopic (exact) mass is 365 g/mol. The van der Waals surface area contributed by atoms with Crippen molar-refractivity contribution in [3.63, 3.8) is 0 Å². The highest BCUT2D eigenvalue weighted by Crippen LogP contribution is 2.09. The number of rotatable bonds is 3. The molecule has 1 N–H and O–H groups in total. The second kappa shape index (κ2) is 9.99. The van der Waals surface area contributed by atoms with E-state index in [2.05, 4.69) is 16.7 Å². The van der Waals surface area contributed by atoms with Crippen LogP contribution < -0.4 is 0 Å². The van der Waals surface area contributed by atoms with E-state index in [0.29, 0.717) is 6.54 Å². The molecule has 136 valence electrons. The van der Waals surface area contributed by atoms with E-state index in [1.54, 1.807) is 19.1 Å². The molecule has 6 nitrogen and oxygen atoms in total. The molecular weight excluding hydrogens is 342 g/mol. The molecule has 0 bridgehead atoms. The minimum Gasteiger partial charge on any atom is -0.449 e. The maximum atomic E-state index is 11.4. The molecule has 1 heterocycles. The predicted molar refractivity (Wildman–Crippen MR) is 95.6 cm³/mol. The maximum absolute atomic E-state index is 11.4. The fourth-order valence-corrected chi connectivity index (χ4v) is 2.50. The van der Waals surface area contributed by atoms with Crippen LogP contribution in [-0.4, -0.2) is 50.6 Å². The average Bonchev–Trinajstić information content (AvgIpc) is 2.55. The van der Waals surface area contributed by atoms with Crippen molar-refractivity contribution in [2.24, 2.45) is 0 Å². The van der Waals surface area contributed by atoms with E-state index in [-0.39, 0.29) is 17.5 Å². The van der Waals surface area contributed by atoms with Gasteiger partial charge < -0.3 is 9.64 Å². The number of nitrogens with zero attached hydrogens (tertiary/aromatic N) is 1. The first-order valence-corrected chi connectivity index (χ1v) is 9.16. The molecule has 7 heteroatoms. The van der Waals surface area contributed by atoms with Crippen molar-refractivity contribution in [3.8, 4) is 11.8 Å². The molecule has 0 atom stereocenters. The third-order valence-electron chi connectivity index (χ3n) is 3.38. The number of likely N-dealkylation sites (N-methyl/N-ethyl adjacent to an activating group) is 1. The molecule has 1 aliphatic heterocycles. The van der Waals surface area contributed by atoms with Crippen LogP contribution in [0.2, 0.25) is 0 Å². The maximum Gasteiger partial charge on any atom is 0.335 e. The number of aryl methyl sites for hydroxylation is 1. The van der Waals surface area contributed by atoms with E-state index >= 15 is 0 Å². The Morgan fingerprint density at radius 2 is 1.96 bits per heavy atom. The Morgan fingerprint density at radius 3 is 2.48 bits per heavy atom. The quantitative estimate of drug-likeness (QED) is 0.501. The van der Waals surface area contributed by atoms with Gasteiger partial charge >= 0.3 is 5.97 Å². The summed E-state index contributed by atoms with van der Waals surface area (Å²) in [5, 5.41) is 0. The summed E-state index contributed by atoms with van der Waals surface area (Å²) in [4.78, 5) is 13.5. The topological polar surface area (TPSA) is 83.9 Å². The zero-order chi connectivity index (χ0) is 18.9. The molecular formula is C18H23NO5S. The average molecular weight is 365 g/mol. The smallest absolute Gasteiger partial charge is 0.335 e. The molecule has 0 fully saturated rings. The van der Waals surface area contributed by atoms with Gasteiger partial charge in [0.15, 0.2) is 6.61 Å². The third kappa shape index (κ3) is 7.98. The van der Waals surface area contributed by atoms with E-state index in [1.165, 1.54) is 12.1 Å². The van der Waals surface area contributed by atoms with Gasteiger partial charge in [0.1, 0.15) is 0 Å². The SMILES string of the molecule is CC#CCOC(=O)C1=CCCN(C)C1.Cc1ccc(S(=O)(=O)O)cc1. The van der Waals surface area contributed by atoms with Crippen molar-refractivity contribution >= 4 is 16.1 Å². The van der Waals surface area contributed by atoms with Crippen molar-refractivity contribution in [2.75, 3.05) is 26.7 Å². The number of ether oxygens (including phenoxy) is 1. The molecule has 0 spiro atoms. The van der Waals surface area contributed by atoms with Crippen molar-refractivity contribution in [3.05, 3.63) is 41.5 Å². The summed E-state index contributed by atoms with van der Waals surface area (Å²) in [5.41, 5.74) is 1.70. The Kier molecular flexibility index (Phi) is 8.35. The molecule has 0 amide bonds. The van der Waals surface area contributed by atoms with Gasteiger partial charge in [-0.25, -0.2) is 4.79 Å². The van der Waals surface area contributed by atoms with Gasteiger partial charge in [-0.3, -0.25) is 4.55 Å². The molecule has 2 rings (SSSR count). The van der Waals surface area contributed by atoms with Crippen LogP contribution in [0.15, 0.2) is 40.8 Å². The molecule has 1 aromatic carbocycles. The summed E-state index contributed by atoms with van der Waals surface area (Å²) in [5.74, 6) is 5.14. The highest BCUT2D eigenvalue weighted by atomic mass is 32.2. The summed E-state index contributed by atoms with van der Waals surface area (Å²) >= 11 is 0. The van der Waals surface area contributed by atoms with Crippen LogP contribution in [0.4, 0.5) is 0 Å². The minimum absolute atomic E-state index is 0.0666. The van der Waals surface area contributed by atoms with Crippen LogP contribution in [0.25, 0.3) is 0 Å². The lowest BCUT2D eigenvalue weighted by Crippen LogP contribution is -2.29. The van der Waals surface area contributed by atoms with Gasteiger partial charge in [0.25, 0.3) is 10.1 Å². The fraction of sp³-hybridized carbons (Fsp3) is 0.389. The molecule has 0 aromatic heterocycles. The second-order valence-electron chi connectivity index (χ2n) is 5.55. The Morgan fingerprint density at radius 1 is 1.32 bits per heavy atom. The van der Waals surface area contributed by atoms with Gasteiger partial charge in [-0.1, -0.05) is 29.7 Å². The lowest BCUT2D eigenvalue weighted by Gasteiger charge is -2.21. The van der Waals surface area contributed by atoms with Crippen LogP contribution in [0.3, 0.4) is 0 Å². The number of hydrogen-bond donors (Lipinski definition) is 1. The number of carbonyl (C=O) groups is 1. The summed E-state index contributed by atoms with van der Waals surface area (Å²) in [6, 6.07) is 5.99. The van der Waals surface area contributed by atoms with Gasteiger partial charge in [-0.2, -0.15) is 8.42 Å². The van der Waals surface area contributed by atoms with Gasteiger partial charge in [0.05, 0.1) is 4.90 Å². The first kappa shape index (κ1) is 20.9. The first-order chi connectivity index (χ1) is 11.7. The molecule has 0 unspecified atom stereocenters. The van der Waals surface area contributed by atoms with E-state index in [0.717, 1.165) is 24.1 Å². The Hall–Kier alpha value is -2.14. The van der Waals surface area contributed by atoms with E-state index in [9.17, 15) is 13.2 Å². The van der Waals surface area contributed by atoms with Crippen molar-refractivity contribution in [2.45, 2.75) is 25.2 Å². The van der Waals surface area contributed by atoms with Crippen molar-refractivity contribution in [1.82, 2.24) is 4.90 Å². The van der Waals surface area contributed by atoms with Crippen LogP contribution in [-0.2, 0) is 19.6 Å². The highest BCUT2D eigenvalue weighted by molar-refractivity contribution is 7.85. The molecule has 0 saturated carbocycles. The van der Waals surface area contributed by atoms with Crippen LogP contribution in [0.5, 0.6) is 0 Å². The zero-order valence-electron chi connectivity index (χ0n) is 14.7. The first-order valence-electron chi connectivity index (χ1n) is 7.72. The number of esters is 1. The third-order valence-corrected chi connectivity index (χ3v) is 4.24. The molecule has 0 saturated heterocycles. The normalized spacial score (nSPS) is 14.3. The molecule has 25 heavy (non-hydrogen) atoms. The summed E-state index contributed by atoms with van der Waals surface area (Å²) in [7, 11) is -2.03. The Labute approximate surface area is 149 Å². The number of hydrogen-bond acceptors (Lipinski definition) is 5. The van der Waals surface area contributed by atoms with Gasteiger partial charge in [0.2, 0.25) is 0 Å². The molecule has 0 aliphatic carbocycles. The molecule has 1 aliphatic rings. The number of benzene rings is 1. The number of carbonyl (C=O) groups excluding carboxylic acids is 1. The summed E-state index contributed by atoms with van der Waals surface area (Å²) < 4.78 is 34.5. The summed E-state index contributed by atoms with van der Waals surface area (Å²) in [6.45, 7) is 5.44. The lowest BCUT2D eigenvalue weighted by atomic mass is 10.1. The predicted octanol–water partition coefficient (Wildman–Crippen LogP) is 2.06. The van der Waals surface area contributed by atoms with Gasteiger partial charge in [-0.05, 0) is 39.4 Å². The summed E-state index contributed by atoms with van der Waals surface area (Å²) in [6.07, 6.45) is 2.86. The fourth-order valence-electron chi connectivity index (χ4n) is 2.02. The van der Waals surface area contributed by atoms with Gasteiger partial charge in [0, 0.05) is 18.7 Å². The zero-order valence-corrected chi connectivity index (χ0v) is 15.5. The molecule has 0 radical (unpaired) electrons. The molecule has 1 aromatic rings. The lowest BCUT2D eigenvalue weighted by molar-refractivity contribution is -0.138. The van der Waals surface area contributed by atoms with E-state index in [1.807, 2.05) is 20.0 Å². The largest absolute Gasteiger partial charge is 0.449 e.